The first-order chi connectivity index (χ1) is 12.4. The van der Waals surface area contributed by atoms with Gasteiger partial charge in [-0.05, 0) is 74.8 Å². The van der Waals surface area contributed by atoms with Crippen molar-refractivity contribution in [2.75, 3.05) is 26.7 Å². The normalized spacial score (nSPS) is 32.8. The van der Waals surface area contributed by atoms with Crippen molar-refractivity contribution in [1.82, 2.24) is 4.90 Å². The summed E-state index contributed by atoms with van der Waals surface area (Å²) in [7, 11) is 1.68. The number of hydrogen-bond acceptors (Lipinski definition) is 4. The Morgan fingerprint density at radius 2 is 2.04 bits per heavy atom. The van der Waals surface area contributed by atoms with Gasteiger partial charge in [-0.25, -0.2) is 0 Å². The molecule has 1 aliphatic heterocycles. The molecule has 0 amide bonds. The van der Waals surface area contributed by atoms with Gasteiger partial charge in [0.15, 0.2) is 0 Å². The van der Waals surface area contributed by atoms with Gasteiger partial charge in [0.2, 0.25) is 0 Å². The predicted molar refractivity (Wildman–Crippen MR) is 102 cm³/mol. The molecule has 2 fully saturated rings. The molecule has 1 aromatic rings. The van der Waals surface area contributed by atoms with Crippen LogP contribution >= 0.6 is 0 Å². The molecule has 4 nitrogen and oxygen atoms in total. The fourth-order valence-electron chi connectivity index (χ4n) is 5.05. The molecule has 2 aliphatic carbocycles. The second-order valence-corrected chi connectivity index (χ2v) is 8.84. The quantitative estimate of drug-likeness (QED) is 0.903. The monoisotopic (exact) mass is 357 g/mol. The molecule has 1 heterocycles. The lowest BCUT2D eigenvalue weighted by Gasteiger charge is -2.51. The topological polar surface area (TPSA) is 49.8 Å². The van der Waals surface area contributed by atoms with E-state index in [-0.39, 0.29) is 5.78 Å². The first-order valence-corrected chi connectivity index (χ1v) is 10.1. The van der Waals surface area contributed by atoms with Crippen LogP contribution in [0.1, 0.15) is 56.6 Å². The number of methoxy groups -OCH3 is 1. The van der Waals surface area contributed by atoms with Crippen LogP contribution in [0.3, 0.4) is 0 Å². The van der Waals surface area contributed by atoms with Crippen molar-refractivity contribution in [2.24, 2.45) is 5.92 Å². The molecule has 3 aliphatic rings. The molecule has 0 bridgehead atoms. The number of Topliss-reactive ketones (excluding diaryl/α,β-unsaturated/α-hetero) is 1. The van der Waals surface area contributed by atoms with Crippen LogP contribution in [0.25, 0.3) is 0 Å². The number of ketones is 1. The Bertz CT molecular complexity index is 695. The molecule has 1 N–H and O–H groups in total. The highest BCUT2D eigenvalue weighted by atomic mass is 16.5. The third-order valence-corrected chi connectivity index (χ3v) is 7.02. The number of aliphatic hydroxyl groups is 1. The third kappa shape index (κ3) is 3.18. The molecule has 0 saturated heterocycles. The summed E-state index contributed by atoms with van der Waals surface area (Å²) in [6.07, 6.45) is 5.98. The molecule has 2 saturated carbocycles. The summed E-state index contributed by atoms with van der Waals surface area (Å²) < 4.78 is 5.49. The fraction of sp³-hybridized carbons (Fsp3) is 0.682. The van der Waals surface area contributed by atoms with E-state index in [2.05, 4.69) is 17.0 Å². The molecular formula is C22H31NO3. The van der Waals surface area contributed by atoms with Crippen molar-refractivity contribution in [3.05, 3.63) is 29.3 Å². The van der Waals surface area contributed by atoms with Crippen LogP contribution in [0.5, 0.6) is 5.75 Å². The van der Waals surface area contributed by atoms with Crippen LogP contribution in [0.15, 0.2) is 18.2 Å². The van der Waals surface area contributed by atoms with E-state index in [1.165, 1.54) is 18.4 Å². The molecule has 0 aromatic heterocycles. The molecule has 2 atom stereocenters. The molecule has 142 valence electrons. The summed E-state index contributed by atoms with van der Waals surface area (Å²) in [6, 6.07) is 6.24. The van der Waals surface area contributed by atoms with Gasteiger partial charge in [0, 0.05) is 31.3 Å². The van der Waals surface area contributed by atoms with Crippen molar-refractivity contribution < 1.29 is 14.6 Å². The Hall–Kier alpha value is -1.39. The highest BCUT2D eigenvalue weighted by Gasteiger charge is 2.53. The van der Waals surface area contributed by atoms with E-state index in [0.717, 1.165) is 49.7 Å². The average Bonchev–Trinajstić information content (AvgIpc) is 3.43. The minimum absolute atomic E-state index is 0.277. The number of benzene rings is 1. The van der Waals surface area contributed by atoms with Crippen LogP contribution in [-0.4, -0.2) is 48.1 Å². The number of fused-ring (bicyclic) bond motifs is 2. The summed E-state index contributed by atoms with van der Waals surface area (Å²) in [5.41, 5.74) is 1.03. The van der Waals surface area contributed by atoms with Gasteiger partial charge in [-0.2, -0.15) is 0 Å². The van der Waals surface area contributed by atoms with Crippen molar-refractivity contribution >= 4 is 5.78 Å². The lowest BCUT2D eigenvalue weighted by molar-refractivity contribution is -0.134. The summed E-state index contributed by atoms with van der Waals surface area (Å²) in [6.45, 7) is 5.12. The molecule has 4 heteroatoms. The van der Waals surface area contributed by atoms with Crippen LogP contribution in [-0.2, 0) is 16.6 Å². The van der Waals surface area contributed by atoms with Gasteiger partial charge in [-0.1, -0.05) is 6.07 Å². The van der Waals surface area contributed by atoms with Gasteiger partial charge < -0.3 is 14.7 Å². The third-order valence-electron chi connectivity index (χ3n) is 7.02. The van der Waals surface area contributed by atoms with E-state index < -0.39 is 11.0 Å². The van der Waals surface area contributed by atoms with Crippen molar-refractivity contribution in [2.45, 2.75) is 62.9 Å². The zero-order valence-electron chi connectivity index (χ0n) is 16.1. The van der Waals surface area contributed by atoms with Crippen LogP contribution in [0.2, 0.25) is 0 Å². The highest BCUT2D eigenvalue weighted by molar-refractivity contribution is 5.82. The number of carbonyl (C=O) groups is 1. The van der Waals surface area contributed by atoms with E-state index >= 15 is 0 Å². The molecule has 26 heavy (non-hydrogen) atoms. The smallest absolute Gasteiger partial charge is 0.134 e. The van der Waals surface area contributed by atoms with Crippen molar-refractivity contribution in [1.29, 1.82) is 0 Å². The Labute approximate surface area is 156 Å². The van der Waals surface area contributed by atoms with Crippen molar-refractivity contribution in [3.63, 3.8) is 0 Å². The summed E-state index contributed by atoms with van der Waals surface area (Å²) in [4.78, 5) is 15.1. The Kier molecular flexibility index (Phi) is 4.60. The molecular weight excluding hydrogens is 326 g/mol. The Morgan fingerprint density at radius 3 is 2.77 bits per heavy atom. The number of ether oxygens (including phenoxy) is 1. The zero-order valence-corrected chi connectivity index (χ0v) is 16.1. The van der Waals surface area contributed by atoms with E-state index in [9.17, 15) is 9.90 Å². The number of carbonyl (C=O) groups excluding carboxylic acids is 1. The maximum Gasteiger partial charge on any atom is 0.134 e. The zero-order chi connectivity index (χ0) is 18.4. The summed E-state index contributed by atoms with van der Waals surface area (Å²) >= 11 is 0. The Morgan fingerprint density at radius 1 is 1.23 bits per heavy atom. The van der Waals surface area contributed by atoms with Gasteiger partial charge in [0.05, 0.1) is 12.7 Å². The lowest BCUT2D eigenvalue weighted by atomic mass is 9.57. The van der Waals surface area contributed by atoms with Gasteiger partial charge in [0.1, 0.15) is 11.5 Å². The van der Waals surface area contributed by atoms with Gasteiger partial charge in [0.25, 0.3) is 0 Å². The van der Waals surface area contributed by atoms with Crippen molar-refractivity contribution in [3.8, 4) is 5.75 Å². The lowest BCUT2D eigenvalue weighted by Crippen LogP contribution is -2.56. The standard InChI is InChI=1S/C22H31NO3/c1-21(25)9-7-18(24)14-22(21)10-12-23(15-16-3-4-16)11-8-17-5-6-19(26-2)13-20(17)22/h5-6,13,16,25H,3-4,7-12,14-15H2,1-2H3/t21?,22-/m1/s1. The maximum atomic E-state index is 12.5. The number of rotatable bonds is 3. The average molecular weight is 357 g/mol. The van der Waals surface area contributed by atoms with E-state index in [0.29, 0.717) is 19.3 Å². The SMILES string of the molecule is COc1ccc2c(c1)[C@@]1(CCN(CC3CC3)CC2)CC(=O)CCC1(C)O. The predicted octanol–water partition coefficient (Wildman–Crippen LogP) is 3.10. The minimum Gasteiger partial charge on any atom is -0.497 e. The van der Waals surface area contributed by atoms with E-state index in [1.807, 2.05) is 13.0 Å². The summed E-state index contributed by atoms with van der Waals surface area (Å²) in [5.74, 6) is 1.95. The fourth-order valence-corrected chi connectivity index (χ4v) is 5.05. The number of hydrogen-bond donors (Lipinski definition) is 1. The van der Waals surface area contributed by atoms with Gasteiger partial charge in [-0.3, -0.25) is 4.79 Å². The molecule has 4 rings (SSSR count). The molecule has 0 radical (unpaired) electrons. The first-order valence-electron chi connectivity index (χ1n) is 10.1. The summed E-state index contributed by atoms with van der Waals surface area (Å²) in [5, 5.41) is 11.5. The van der Waals surface area contributed by atoms with Crippen LogP contribution in [0, 0.1) is 5.92 Å². The second kappa shape index (κ2) is 6.65. The van der Waals surface area contributed by atoms with Crippen LogP contribution < -0.4 is 4.74 Å². The minimum atomic E-state index is -0.870. The van der Waals surface area contributed by atoms with Gasteiger partial charge in [-0.15, -0.1) is 0 Å². The number of nitrogens with zero attached hydrogens (tertiary/aromatic N) is 1. The second-order valence-electron chi connectivity index (χ2n) is 8.84. The van der Waals surface area contributed by atoms with Gasteiger partial charge >= 0.3 is 0 Å². The largest absolute Gasteiger partial charge is 0.497 e. The highest BCUT2D eigenvalue weighted by Crippen LogP contribution is 2.50. The first kappa shape index (κ1) is 18.0. The molecule has 1 unspecified atom stereocenters. The van der Waals surface area contributed by atoms with E-state index in [4.69, 9.17) is 4.74 Å². The molecule has 1 aromatic carbocycles. The van der Waals surface area contributed by atoms with Crippen LogP contribution in [0.4, 0.5) is 0 Å². The molecule has 1 spiro atoms. The Balaban J connectivity index is 1.77. The van der Waals surface area contributed by atoms with E-state index in [1.54, 1.807) is 7.11 Å². The maximum absolute atomic E-state index is 12.5.